The maximum absolute atomic E-state index is 6.53. The Labute approximate surface area is 282 Å². The van der Waals surface area contributed by atoms with Crippen LogP contribution in [0.2, 0.25) is 0 Å². The van der Waals surface area contributed by atoms with Crippen LogP contribution in [0.3, 0.4) is 0 Å². The van der Waals surface area contributed by atoms with Gasteiger partial charge in [-0.2, -0.15) is 0 Å². The number of hydrogen-bond donors (Lipinski definition) is 1. The summed E-state index contributed by atoms with van der Waals surface area (Å²) in [5.41, 5.74) is 15.5. The maximum Gasteiger partial charge on any atom is 0.135 e. The van der Waals surface area contributed by atoms with Gasteiger partial charge < -0.3 is 10.1 Å². The van der Waals surface area contributed by atoms with E-state index in [4.69, 9.17) is 4.74 Å². The zero-order chi connectivity index (χ0) is 31.6. The molecular weight excluding hydrogens is 583 g/mol. The molecule has 4 unspecified atom stereocenters. The smallest absolute Gasteiger partial charge is 0.135 e. The Bertz CT molecular complexity index is 2230. The molecule has 1 N–H and O–H groups in total. The van der Waals surface area contributed by atoms with Crippen molar-refractivity contribution >= 4 is 16.8 Å². The van der Waals surface area contributed by atoms with Crippen LogP contribution in [0.1, 0.15) is 40.5 Å². The number of fused-ring (bicyclic) bond motifs is 4. The van der Waals surface area contributed by atoms with Gasteiger partial charge >= 0.3 is 0 Å². The molecule has 1 fully saturated rings. The summed E-state index contributed by atoms with van der Waals surface area (Å²) in [5.74, 6) is 2.28. The van der Waals surface area contributed by atoms with E-state index in [0.717, 1.165) is 12.2 Å². The van der Waals surface area contributed by atoms with Crippen LogP contribution < -0.4 is 10.1 Å². The zero-order valence-corrected chi connectivity index (χ0v) is 26.6. The van der Waals surface area contributed by atoms with Crippen LogP contribution in [-0.2, 0) is 0 Å². The number of benzene rings is 5. The molecule has 4 aliphatic carbocycles. The second kappa shape index (κ2) is 11.0. The molecule has 1 heterocycles. The van der Waals surface area contributed by atoms with E-state index in [1.54, 1.807) is 5.57 Å². The lowest BCUT2D eigenvalue weighted by molar-refractivity contribution is 0.278. The van der Waals surface area contributed by atoms with Gasteiger partial charge in [0.25, 0.3) is 0 Å². The van der Waals surface area contributed by atoms with Crippen molar-refractivity contribution in [3.05, 3.63) is 192 Å². The average Bonchev–Trinajstić information content (AvgIpc) is 4.06. The molecule has 1 saturated carbocycles. The molecule has 5 aromatic carbocycles. The van der Waals surface area contributed by atoms with Gasteiger partial charge in [-0.25, -0.2) is 0 Å². The molecule has 0 amide bonds. The minimum Gasteiger partial charge on any atom is -0.484 e. The lowest BCUT2D eigenvalue weighted by atomic mass is 9.84. The van der Waals surface area contributed by atoms with Gasteiger partial charge in [-0.1, -0.05) is 146 Å². The zero-order valence-electron chi connectivity index (χ0n) is 26.6. The Kier molecular flexibility index (Phi) is 6.30. The Morgan fingerprint density at radius 3 is 2.23 bits per heavy atom. The van der Waals surface area contributed by atoms with Crippen molar-refractivity contribution in [2.45, 2.75) is 30.4 Å². The first kappa shape index (κ1) is 27.5. The second-order valence-corrected chi connectivity index (χ2v) is 13.6. The van der Waals surface area contributed by atoms with E-state index in [2.05, 4.69) is 169 Å². The predicted octanol–water partition coefficient (Wildman–Crippen LogP) is 11.0. The molecule has 0 saturated heterocycles. The molecule has 48 heavy (non-hydrogen) atoms. The van der Waals surface area contributed by atoms with Gasteiger partial charge in [-0.3, -0.25) is 0 Å². The van der Waals surface area contributed by atoms with Gasteiger partial charge in [0, 0.05) is 40.1 Å². The summed E-state index contributed by atoms with van der Waals surface area (Å²) in [6.07, 6.45) is 16.9. The van der Waals surface area contributed by atoms with Gasteiger partial charge in [0.1, 0.15) is 11.9 Å². The van der Waals surface area contributed by atoms with E-state index in [0.29, 0.717) is 17.9 Å². The quantitative estimate of drug-likeness (QED) is 0.184. The largest absolute Gasteiger partial charge is 0.484 e. The van der Waals surface area contributed by atoms with E-state index in [9.17, 15) is 0 Å². The first-order valence-electron chi connectivity index (χ1n) is 17.2. The highest BCUT2D eigenvalue weighted by atomic mass is 16.5. The Hall–Kier alpha value is -5.60. The molecule has 1 aliphatic heterocycles. The van der Waals surface area contributed by atoms with Crippen molar-refractivity contribution in [3.8, 4) is 28.0 Å². The van der Waals surface area contributed by atoms with E-state index < -0.39 is 0 Å². The van der Waals surface area contributed by atoms with Crippen molar-refractivity contribution in [3.63, 3.8) is 0 Å². The molecule has 0 radical (unpaired) electrons. The fraction of sp³-hybridized carbons (Fsp3) is 0.130. The van der Waals surface area contributed by atoms with Crippen molar-refractivity contribution in [1.29, 1.82) is 0 Å². The molecule has 230 valence electrons. The van der Waals surface area contributed by atoms with Crippen LogP contribution in [0, 0.1) is 5.92 Å². The highest BCUT2D eigenvalue weighted by molar-refractivity contribution is 5.87. The van der Waals surface area contributed by atoms with Crippen molar-refractivity contribution in [1.82, 2.24) is 0 Å². The summed E-state index contributed by atoms with van der Waals surface area (Å²) in [6.45, 7) is 0. The fourth-order valence-electron chi connectivity index (χ4n) is 7.88. The highest BCUT2D eigenvalue weighted by Crippen LogP contribution is 2.56. The van der Waals surface area contributed by atoms with Gasteiger partial charge in [0.2, 0.25) is 0 Å². The Balaban J connectivity index is 0.932. The second-order valence-electron chi connectivity index (χ2n) is 13.6. The summed E-state index contributed by atoms with van der Waals surface area (Å²) in [6, 6.07) is 44.8. The average molecular weight is 618 g/mol. The molecule has 0 spiro atoms. The first-order chi connectivity index (χ1) is 23.8. The van der Waals surface area contributed by atoms with Crippen LogP contribution in [-0.4, -0.2) is 12.1 Å². The predicted molar refractivity (Wildman–Crippen MR) is 198 cm³/mol. The normalized spacial score (nSPS) is 23.9. The third kappa shape index (κ3) is 4.79. The standard InChI is InChI=1S/C46H35NO/c1-2-9-29(10-3-1)32-11-6-12-33(25-32)30-19-21-31(22-20-30)34-13-7-14-35(26-34)37-24-23-36(27-43(37)47-45-41-28-42(41)45)38-16-8-17-40-39-15-4-5-18-44(39)48-46(38)40/h1-24,26-28,33,40-41,45-47H,25H2/t33?,40?,41?,45-,46?/m1/s1. The summed E-state index contributed by atoms with van der Waals surface area (Å²) < 4.78 is 6.53. The van der Waals surface area contributed by atoms with Gasteiger partial charge in [-0.05, 0) is 69.1 Å². The summed E-state index contributed by atoms with van der Waals surface area (Å²) in [7, 11) is 0. The maximum atomic E-state index is 6.53. The Morgan fingerprint density at radius 2 is 1.38 bits per heavy atom. The van der Waals surface area contributed by atoms with E-state index in [1.165, 1.54) is 61.3 Å². The van der Waals surface area contributed by atoms with Crippen molar-refractivity contribution in [2.75, 3.05) is 5.32 Å². The lowest BCUT2D eigenvalue weighted by Crippen LogP contribution is -2.21. The minimum absolute atomic E-state index is 0.000476. The van der Waals surface area contributed by atoms with E-state index in [-0.39, 0.29) is 12.0 Å². The van der Waals surface area contributed by atoms with Crippen molar-refractivity contribution < 1.29 is 4.74 Å². The van der Waals surface area contributed by atoms with Crippen LogP contribution in [0.5, 0.6) is 5.75 Å². The minimum atomic E-state index is -0.000476. The number of anilines is 1. The molecule has 0 aromatic heterocycles. The third-order valence-corrected chi connectivity index (χ3v) is 10.8. The first-order valence-corrected chi connectivity index (χ1v) is 17.2. The molecule has 2 heteroatoms. The summed E-state index contributed by atoms with van der Waals surface area (Å²) in [4.78, 5) is 0. The van der Waals surface area contributed by atoms with Gasteiger partial charge in [0.15, 0.2) is 0 Å². The summed E-state index contributed by atoms with van der Waals surface area (Å²) >= 11 is 0. The molecule has 10 rings (SSSR count). The molecule has 5 aliphatic rings. The number of nitrogens with one attached hydrogen (secondary N) is 1. The molecule has 0 bridgehead atoms. The molecule has 5 atom stereocenters. The monoisotopic (exact) mass is 617 g/mol. The number of allylic oxidation sites excluding steroid dienone is 6. The van der Waals surface area contributed by atoms with Crippen LogP contribution in [0.4, 0.5) is 5.69 Å². The number of para-hydroxylation sites is 1. The van der Waals surface area contributed by atoms with Gasteiger partial charge in [0.05, 0.1) is 6.04 Å². The number of ether oxygens (including phenoxy) is 1. The molecule has 2 nitrogen and oxygen atoms in total. The fourth-order valence-corrected chi connectivity index (χ4v) is 7.88. The lowest BCUT2D eigenvalue weighted by Gasteiger charge is -2.24. The van der Waals surface area contributed by atoms with Crippen molar-refractivity contribution in [2.24, 2.45) is 5.92 Å². The van der Waals surface area contributed by atoms with Crippen LogP contribution in [0.25, 0.3) is 33.4 Å². The van der Waals surface area contributed by atoms with E-state index >= 15 is 0 Å². The van der Waals surface area contributed by atoms with Crippen LogP contribution in [0.15, 0.2) is 169 Å². The Morgan fingerprint density at radius 1 is 0.604 bits per heavy atom. The van der Waals surface area contributed by atoms with Gasteiger partial charge in [-0.15, -0.1) is 0 Å². The third-order valence-electron chi connectivity index (χ3n) is 10.8. The van der Waals surface area contributed by atoms with E-state index in [1.807, 2.05) is 0 Å². The molecule has 5 aromatic rings. The van der Waals surface area contributed by atoms with Crippen LogP contribution >= 0.6 is 0 Å². The number of hydrogen-bond acceptors (Lipinski definition) is 2. The highest BCUT2D eigenvalue weighted by Gasteiger charge is 2.54. The molecular formula is C46H35NO. The number of rotatable bonds is 7. The SMILES string of the molecule is C1=CC(c2ccc(-c3cccc(-c4ccc(C5=CC=CC6c7ccccc7OC56)cc4N[C@H]4C5=CC54)c3)cc2)CC(c2ccccc2)=C1. The summed E-state index contributed by atoms with van der Waals surface area (Å²) in [5, 5.41) is 3.89. The topological polar surface area (TPSA) is 21.3 Å².